The average Bonchev–Trinajstić information content (AvgIpc) is 2.80. The van der Waals surface area contributed by atoms with Crippen molar-refractivity contribution in [2.24, 2.45) is 0 Å². The van der Waals surface area contributed by atoms with Crippen molar-refractivity contribution >= 4 is 29.1 Å². The van der Waals surface area contributed by atoms with E-state index in [1.165, 1.54) is 17.0 Å². The van der Waals surface area contributed by atoms with Crippen LogP contribution in [-0.4, -0.2) is 30.6 Å². The first kappa shape index (κ1) is 22.3. The summed E-state index contributed by atoms with van der Waals surface area (Å²) in [5, 5.41) is 13.9. The third-order valence-corrected chi connectivity index (χ3v) is 4.44. The second-order valence-electron chi connectivity index (χ2n) is 6.61. The molecule has 9 heteroatoms. The number of anilines is 2. The molecule has 0 aliphatic carbocycles. The summed E-state index contributed by atoms with van der Waals surface area (Å²) in [7, 11) is 1.57. The number of benzene rings is 3. The van der Waals surface area contributed by atoms with Crippen molar-refractivity contribution < 1.29 is 24.0 Å². The Morgan fingerprint density at radius 2 is 1.72 bits per heavy atom. The lowest BCUT2D eigenvalue weighted by Crippen LogP contribution is -2.26. The topological polar surface area (TPSA) is 111 Å². The second kappa shape index (κ2) is 10.1. The first-order valence-corrected chi connectivity index (χ1v) is 9.72. The minimum absolute atomic E-state index is 0.00997. The van der Waals surface area contributed by atoms with Gasteiger partial charge in [0.05, 0.1) is 17.1 Å². The SMILES string of the molecule is CCOC(=O)N(C)c1ccc(NC(=O)c2cc([N+](=O)[O-])ccc2Oc2ccccc2)cc1. The molecule has 164 valence electrons. The average molecular weight is 435 g/mol. The van der Waals surface area contributed by atoms with E-state index in [1.54, 1.807) is 62.5 Å². The molecule has 0 atom stereocenters. The van der Waals surface area contributed by atoms with Crippen molar-refractivity contribution in [1.29, 1.82) is 0 Å². The molecule has 1 N–H and O–H groups in total. The minimum atomic E-state index is -0.580. The Bertz CT molecular complexity index is 1120. The van der Waals surface area contributed by atoms with E-state index in [0.29, 0.717) is 17.1 Å². The van der Waals surface area contributed by atoms with Gasteiger partial charge in [0.2, 0.25) is 0 Å². The monoisotopic (exact) mass is 435 g/mol. The largest absolute Gasteiger partial charge is 0.457 e. The number of ether oxygens (including phenoxy) is 2. The van der Waals surface area contributed by atoms with Gasteiger partial charge in [0.25, 0.3) is 11.6 Å². The molecule has 0 bridgehead atoms. The van der Waals surface area contributed by atoms with Crippen molar-refractivity contribution in [3.8, 4) is 11.5 Å². The number of nitro groups is 1. The van der Waals surface area contributed by atoms with Gasteiger partial charge in [-0.05, 0) is 49.4 Å². The summed E-state index contributed by atoms with van der Waals surface area (Å²) in [6.07, 6.45) is -0.497. The fourth-order valence-corrected chi connectivity index (χ4v) is 2.81. The third kappa shape index (κ3) is 5.39. The molecule has 32 heavy (non-hydrogen) atoms. The molecule has 0 fully saturated rings. The summed E-state index contributed by atoms with van der Waals surface area (Å²) < 4.78 is 10.7. The van der Waals surface area contributed by atoms with E-state index < -0.39 is 16.9 Å². The molecule has 2 amide bonds. The highest BCUT2D eigenvalue weighted by molar-refractivity contribution is 6.06. The molecule has 0 unspecified atom stereocenters. The number of hydrogen-bond acceptors (Lipinski definition) is 6. The number of nitrogens with one attached hydrogen (secondary N) is 1. The van der Waals surface area contributed by atoms with Gasteiger partial charge < -0.3 is 14.8 Å². The fourth-order valence-electron chi connectivity index (χ4n) is 2.81. The minimum Gasteiger partial charge on any atom is -0.457 e. The smallest absolute Gasteiger partial charge is 0.413 e. The number of carbonyl (C=O) groups excluding carboxylic acids is 2. The molecule has 0 radical (unpaired) electrons. The maximum absolute atomic E-state index is 12.9. The van der Waals surface area contributed by atoms with Crippen LogP contribution in [0.2, 0.25) is 0 Å². The summed E-state index contributed by atoms with van der Waals surface area (Å²) in [6, 6.07) is 19.1. The number of para-hydroxylation sites is 1. The van der Waals surface area contributed by atoms with Gasteiger partial charge >= 0.3 is 6.09 Å². The molecule has 0 heterocycles. The molecule has 3 rings (SSSR count). The van der Waals surface area contributed by atoms with E-state index in [0.717, 1.165) is 6.07 Å². The Balaban J connectivity index is 1.82. The molecule has 0 saturated heterocycles. The van der Waals surface area contributed by atoms with Crippen LogP contribution in [0.3, 0.4) is 0 Å². The Morgan fingerprint density at radius 1 is 1.03 bits per heavy atom. The number of nitro benzene ring substituents is 1. The van der Waals surface area contributed by atoms with Gasteiger partial charge in [-0.15, -0.1) is 0 Å². The van der Waals surface area contributed by atoms with E-state index in [4.69, 9.17) is 9.47 Å². The number of nitrogens with zero attached hydrogens (tertiary/aromatic N) is 2. The van der Waals surface area contributed by atoms with Crippen LogP contribution < -0.4 is 15.0 Å². The molecule has 0 saturated carbocycles. The van der Waals surface area contributed by atoms with E-state index in [1.807, 2.05) is 6.07 Å². The lowest BCUT2D eigenvalue weighted by atomic mass is 10.1. The lowest BCUT2D eigenvalue weighted by Gasteiger charge is -2.17. The maximum atomic E-state index is 12.9. The van der Waals surface area contributed by atoms with Crippen molar-refractivity contribution in [2.75, 3.05) is 23.9 Å². The van der Waals surface area contributed by atoms with Gasteiger partial charge in [-0.25, -0.2) is 4.79 Å². The number of carbonyl (C=O) groups is 2. The molecular weight excluding hydrogens is 414 g/mol. The van der Waals surface area contributed by atoms with Gasteiger partial charge in [0, 0.05) is 30.6 Å². The van der Waals surface area contributed by atoms with Gasteiger partial charge in [-0.2, -0.15) is 0 Å². The molecule has 0 aliphatic rings. The number of hydrogen-bond donors (Lipinski definition) is 1. The molecule has 9 nitrogen and oxygen atoms in total. The number of rotatable bonds is 7. The van der Waals surface area contributed by atoms with Crippen molar-refractivity contribution in [3.63, 3.8) is 0 Å². The lowest BCUT2D eigenvalue weighted by molar-refractivity contribution is -0.384. The summed E-state index contributed by atoms with van der Waals surface area (Å²) in [5.41, 5.74) is 0.788. The highest BCUT2D eigenvalue weighted by atomic mass is 16.6. The van der Waals surface area contributed by atoms with Crippen LogP contribution in [0.4, 0.5) is 21.9 Å². The highest BCUT2D eigenvalue weighted by Gasteiger charge is 2.19. The summed E-state index contributed by atoms with van der Waals surface area (Å²) >= 11 is 0. The van der Waals surface area contributed by atoms with Gasteiger partial charge in [0.1, 0.15) is 11.5 Å². The first-order chi connectivity index (χ1) is 15.4. The van der Waals surface area contributed by atoms with Crippen LogP contribution in [0, 0.1) is 10.1 Å². The van der Waals surface area contributed by atoms with Crippen LogP contribution in [-0.2, 0) is 4.74 Å². The maximum Gasteiger partial charge on any atom is 0.413 e. The Kier molecular flexibility index (Phi) is 7.02. The third-order valence-electron chi connectivity index (χ3n) is 4.44. The van der Waals surface area contributed by atoms with Crippen molar-refractivity contribution in [1.82, 2.24) is 0 Å². The van der Waals surface area contributed by atoms with Gasteiger partial charge in [-0.3, -0.25) is 19.8 Å². The van der Waals surface area contributed by atoms with E-state index in [2.05, 4.69) is 5.32 Å². The van der Waals surface area contributed by atoms with Gasteiger partial charge in [-0.1, -0.05) is 18.2 Å². The van der Waals surface area contributed by atoms with Crippen molar-refractivity contribution in [2.45, 2.75) is 6.92 Å². The highest BCUT2D eigenvalue weighted by Crippen LogP contribution is 2.29. The predicted octanol–water partition coefficient (Wildman–Crippen LogP) is 5.23. The van der Waals surface area contributed by atoms with Crippen LogP contribution in [0.1, 0.15) is 17.3 Å². The van der Waals surface area contributed by atoms with Crippen LogP contribution in [0.5, 0.6) is 11.5 Å². The zero-order valence-electron chi connectivity index (χ0n) is 17.5. The molecular formula is C23H21N3O6. The fraction of sp³-hybridized carbons (Fsp3) is 0.130. The quantitative estimate of drug-likeness (QED) is 0.402. The molecule has 0 aromatic heterocycles. The Morgan fingerprint density at radius 3 is 2.34 bits per heavy atom. The summed E-state index contributed by atoms with van der Waals surface area (Å²) in [6.45, 7) is 1.97. The number of non-ortho nitro benzene ring substituents is 1. The number of amides is 2. The first-order valence-electron chi connectivity index (χ1n) is 9.72. The van der Waals surface area contributed by atoms with E-state index in [-0.39, 0.29) is 23.6 Å². The summed E-state index contributed by atoms with van der Waals surface area (Å²) in [5.74, 6) is 0.0888. The second-order valence-corrected chi connectivity index (χ2v) is 6.61. The molecule has 0 aliphatic heterocycles. The molecule has 3 aromatic rings. The molecule has 0 spiro atoms. The zero-order valence-corrected chi connectivity index (χ0v) is 17.5. The normalized spacial score (nSPS) is 10.2. The molecule has 3 aromatic carbocycles. The Hall–Kier alpha value is -4.40. The van der Waals surface area contributed by atoms with E-state index >= 15 is 0 Å². The van der Waals surface area contributed by atoms with Crippen LogP contribution >= 0.6 is 0 Å². The summed E-state index contributed by atoms with van der Waals surface area (Å²) in [4.78, 5) is 36.7. The standard InChI is InChI=1S/C23H21N3O6/c1-3-31-23(28)25(2)17-11-9-16(10-12-17)24-22(27)20-15-18(26(29)30)13-14-21(20)32-19-7-5-4-6-8-19/h4-15H,3H2,1-2H3,(H,24,27). The van der Waals surface area contributed by atoms with Crippen molar-refractivity contribution in [3.05, 3.63) is 88.5 Å². The van der Waals surface area contributed by atoms with Crippen LogP contribution in [0.15, 0.2) is 72.8 Å². The predicted molar refractivity (Wildman–Crippen MR) is 119 cm³/mol. The Labute approximate surface area is 184 Å². The van der Waals surface area contributed by atoms with E-state index in [9.17, 15) is 19.7 Å². The van der Waals surface area contributed by atoms with Crippen LogP contribution in [0.25, 0.3) is 0 Å². The zero-order chi connectivity index (χ0) is 23.1. The van der Waals surface area contributed by atoms with Gasteiger partial charge in [0.15, 0.2) is 0 Å².